The Kier molecular flexibility index (Phi) is 4.53. The molecule has 0 bridgehead atoms. The molecule has 0 aromatic heterocycles. The van der Waals surface area contributed by atoms with Crippen molar-refractivity contribution in [2.45, 2.75) is 31.8 Å². The van der Waals surface area contributed by atoms with E-state index in [1.54, 1.807) is 28.4 Å². The lowest BCUT2D eigenvalue weighted by Gasteiger charge is -2.21. The fourth-order valence-corrected chi connectivity index (χ4v) is 2.81. The number of methoxy groups -OCH3 is 4. The molecule has 0 fully saturated rings. The molecular weight excluding hydrogens is 244 g/mol. The van der Waals surface area contributed by atoms with Crippen molar-refractivity contribution < 1.29 is 18.9 Å². The van der Waals surface area contributed by atoms with E-state index in [2.05, 4.69) is 0 Å². The first-order valence-electron chi connectivity index (χ1n) is 6.61. The zero-order valence-corrected chi connectivity index (χ0v) is 12.1. The minimum atomic E-state index is 0.103. The van der Waals surface area contributed by atoms with Gasteiger partial charge in [0.25, 0.3) is 0 Å². The first-order chi connectivity index (χ1) is 9.26. The minimum absolute atomic E-state index is 0.103. The fourth-order valence-electron chi connectivity index (χ4n) is 2.81. The molecule has 2 rings (SSSR count). The highest BCUT2D eigenvalue weighted by atomic mass is 16.5. The molecule has 0 radical (unpaired) electrons. The molecule has 106 valence electrons. The van der Waals surface area contributed by atoms with Gasteiger partial charge >= 0.3 is 0 Å². The van der Waals surface area contributed by atoms with Crippen molar-refractivity contribution in [1.29, 1.82) is 0 Å². The zero-order chi connectivity index (χ0) is 13.8. The third kappa shape index (κ3) is 2.50. The lowest BCUT2D eigenvalue weighted by atomic mass is 9.98. The highest BCUT2D eigenvalue weighted by Crippen LogP contribution is 2.46. The molecule has 1 atom stereocenters. The van der Waals surface area contributed by atoms with Crippen LogP contribution in [-0.2, 0) is 11.2 Å². The monoisotopic (exact) mass is 266 g/mol. The summed E-state index contributed by atoms with van der Waals surface area (Å²) in [5.41, 5.74) is 2.35. The van der Waals surface area contributed by atoms with Crippen LogP contribution in [0.5, 0.6) is 17.2 Å². The molecule has 1 aliphatic rings. The van der Waals surface area contributed by atoms with E-state index in [0.29, 0.717) is 11.5 Å². The molecule has 0 heterocycles. The normalized spacial score (nSPS) is 18.4. The summed E-state index contributed by atoms with van der Waals surface area (Å²) in [6.07, 6.45) is 4.41. The number of ether oxygens (including phenoxy) is 4. The van der Waals surface area contributed by atoms with Crippen LogP contribution in [-0.4, -0.2) is 28.4 Å². The van der Waals surface area contributed by atoms with Gasteiger partial charge in [0.05, 0.1) is 27.4 Å². The smallest absolute Gasteiger partial charge is 0.203 e. The van der Waals surface area contributed by atoms with Gasteiger partial charge in [-0.05, 0) is 30.9 Å². The SMILES string of the molecule is COc1cc2c(c(OC)c1OC)CCCCC2OC. The van der Waals surface area contributed by atoms with Gasteiger partial charge in [-0.1, -0.05) is 6.42 Å². The summed E-state index contributed by atoms with van der Waals surface area (Å²) in [6.45, 7) is 0. The molecule has 0 saturated carbocycles. The van der Waals surface area contributed by atoms with Crippen molar-refractivity contribution in [3.8, 4) is 17.2 Å². The number of rotatable bonds is 4. The van der Waals surface area contributed by atoms with E-state index < -0.39 is 0 Å². The van der Waals surface area contributed by atoms with Crippen LogP contribution in [0.1, 0.15) is 36.5 Å². The molecule has 0 saturated heterocycles. The maximum atomic E-state index is 5.62. The highest BCUT2D eigenvalue weighted by Gasteiger charge is 2.26. The Labute approximate surface area is 114 Å². The summed E-state index contributed by atoms with van der Waals surface area (Å²) >= 11 is 0. The van der Waals surface area contributed by atoms with Gasteiger partial charge in [0.2, 0.25) is 5.75 Å². The average Bonchev–Trinajstić information content (AvgIpc) is 2.66. The van der Waals surface area contributed by atoms with Crippen molar-refractivity contribution in [3.05, 3.63) is 17.2 Å². The van der Waals surface area contributed by atoms with Crippen LogP contribution in [0.25, 0.3) is 0 Å². The van der Waals surface area contributed by atoms with Gasteiger partial charge in [-0.15, -0.1) is 0 Å². The summed E-state index contributed by atoms with van der Waals surface area (Å²) in [7, 11) is 6.70. The van der Waals surface area contributed by atoms with Gasteiger partial charge in [-0.25, -0.2) is 0 Å². The van der Waals surface area contributed by atoms with E-state index >= 15 is 0 Å². The standard InChI is InChI=1S/C15H22O4/c1-16-12-8-6-5-7-10-11(12)9-13(17-2)15(19-4)14(10)18-3/h9,12H,5-8H2,1-4H3. The molecule has 1 unspecified atom stereocenters. The van der Waals surface area contributed by atoms with E-state index in [-0.39, 0.29) is 6.10 Å². The van der Waals surface area contributed by atoms with Crippen molar-refractivity contribution in [1.82, 2.24) is 0 Å². The van der Waals surface area contributed by atoms with Gasteiger partial charge in [-0.3, -0.25) is 0 Å². The molecule has 1 aromatic carbocycles. The largest absolute Gasteiger partial charge is 0.493 e. The topological polar surface area (TPSA) is 36.9 Å². The molecule has 4 nitrogen and oxygen atoms in total. The van der Waals surface area contributed by atoms with Crippen molar-refractivity contribution in [2.75, 3.05) is 28.4 Å². The maximum Gasteiger partial charge on any atom is 0.203 e. The molecule has 19 heavy (non-hydrogen) atoms. The molecule has 0 spiro atoms. The molecular formula is C15H22O4. The van der Waals surface area contributed by atoms with Crippen LogP contribution in [0.4, 0.5) is 0 Å². The van der Waals surface area contributed by atoms with E-state index in [1.165, 1.54) is 5.56 Å². The third-order valence-corrected chi connectivity index (χ3v) is 3.74. The molecule has 4 heteroatoms. The minimum Gasteiger partial charge on any atom is -0.493 e. The Morgan fingerprint density at radius 2 is 1.68 bits per heavy atom. The number of fused-ring (bicyclic) bond motifs is 1. The van der Waals surface area contributed by atoms with Gasteiger partial charge < -0.3 is 18.9 Å². The van der Waals surface area contributed by atoms with Crippen LogP contribution < -0.4 is 14.2 Å². The summed E-state index contributed by atoms with van der Waals surface area (Å²) in [5.74, 6) is 2.14. The molecule has 0 N–H and O–H groups in total. The van der Waals surface area contributed by atoms with Crippen LogP contribution in [0.3, 0.4) is 0 Å². The predicted octanol–water partition coefficient (Wildman–Crippen LogP) is 3.13. The van der Waals surface area contributed by atoms with Crippen molar-refractivity contribution in [3.63, 3.8) is 0 Å². The summed E-state index contributed by atoms with van der Waals surface area (Å²) in [4.78, 5) is 0. The van der Waals surface area contributed by atoms with Gasteiger partial charge in [0, 0.05) is 12.7 Å². The first-order valence-corrected chi connectivity index (χ1v) is 6.61. The van der Waals surface area contributed by atoms with Crippen LogP contribution >= 0.6 is 0 Å². The zero-order valence-electron chi connectivity index (χ0n) is 12.1. The third-order valence-electron chi connectivity index (χ3n) is 3.74. The number of hydrogen-bond acceptors (Lipinski definition) is 4. The Bertz CT molecular complexity index is 442. The van der Waals surface area contributed by atoms with Crippen molar-refractivity contribution in [2.24, 2.45) is 0 Å². The number of benzene rings is 1. The second kappa shape index (κ2) is 6.15. The van der Waals surface area contributed by atoms with Gasteiger partial charge in [-0.2, -0.15) is 0 Å². The van der Waals surface area contributed by atoms with E-state index in [9.17, 15) is 0 Å². The van der Waals surface area contributed by atoms with E-state index in [1.807, 2.05) is 6.07 Å². The summed E-state index contributed by atoms with van der Waals surface area (Å²) in [5, 5.41) is 0. The first kappa shape index (κ1) is 14.0. The Hall–Kier alpha value is -1.42. The Morgan fingerprint density at radius 1 is 0.947 bits per heavy atom. The van der Waals surface area contributed by atoms with Crippen molar-refractivity contribution >= 4 is 0 Å². The second-order valence-corrected chi connectivity index (χ2v) is 4.68. The molecule has 0 amide bonds. The molecule has 1 aliphatic carbocycles. The van der Waals surface area contributed by atoms with Gasteiger partial charge in [0.15, 0.2) is 11.5 Å². The molecule has 1 aromatic rings. The van der Waals surface area contributed by atoms with Gasteiger partial charge in [0.1, 0.15) is 0 Å². The second-order valence-electron chi connectivity index (χ2n) is 4.68. The summed E-state index contributed by atoms with van der Waals surface area (Å²) < 4.78 is 22.0. The highest BCUT2D eigenvalue weighted by molar-refractivity contribution is 5.60. The van der Waals surface area contributed by atoms with Crippen LogP contribution in [0.2, 0.25) is 0 Å². The number of hydrogen-bond donors (Lipinski definition) is 0. The fraction of sp³-hybridized carbons (Fsp3) is 0.600. The lowest BCUT2D eigenvalue weighted by Crippen LogP contribution is -2.06. The quantitative estimate of drug-likeness (QED) is 0.785. The van der Waals surface area contributed by atoms with Crippen LogP contribution in [0.15, 0.2) is 6.07 Å². The van der Waals surface area contributed by atoms with Crippen LogP contribution in [0, 0.1) is 0 Å². The average molecular weight is 266 g/mol. The van der Waals surface area contributed by atoms with E-state index in [0.717, 1.165) is 37.0 Å². The molecule has 0 aliphatic heterocycles. The van der Waals surface area contributed by atoms with E-state index in [4.69, 9.17) is 18.9 Å². The summed E-state index contributed by atoms with van der Waals surface area (Å²) in [6, 6.07) is 2.02. The Balaban J connectivity index is 2.63. The maximum absolute atomic E-state index is 5.62. The Morgan fingerprint density at radius 3 is 2.26 bits per heavy atom. The predicted molar refractivity (Wildman–Crippen MR) is 73.4 cm³/mol. The lowest BCUT2D eigenvalue weighted by molar-refractivity contribution is 0.0947.